The molecule has 0 amide bonds. The molecule has 0 aliphatic heterocycles. The second-order valence-corrected chi connectivity index (χ2v) is 4.18. The van der Waals surface area contributed by atoms with Crippen molar-refractivity contribution >= 4 is 0 Å². The summed E-state index contributed by atoms with van der Waals surface area (Å²) in [5.41, 5.74) is 1.89. The number of rotatable bonds is 5. The SMILES string of the molecule is O[C@@H](CNCc1ccccc1)c1ccc(F)cc1. The number of hydrogen-bond donors (Lipinski definition) is 2. The molecule has 0 saturated heterocycles. The van der Waals surface area contributed by atoms with Crippen molar-refractivity contribution in [2.45, 2.75) is 12.6 Å². The average Bonchev–Trinajstić information content (AvgIpc) is 2.40. The molecule has 0 aromatic heterocycles. The molecule has 2 rings (SSSR count). The zero-order valence-corrected chi connectivity index (χ0v) is 10.0. The van der Waals surface area contributed by atoms with Gasteiger partial charge in [0.1, 0.15) is 5.82 Å². The van der Waals surface area contributed by atoms with E-state index < -0.39 is 6.10 Å². The normalized spacial score (nSPS) is 12.3. The van der Waals surface area contributed by atoms with Crippen LogP contribution in [0, 0.1) is 5.82 Å². The molecule has 2 N–H and O–H groups in total. The summed E-state index contributed by atoms with van der Waals surface area (Å²) in [4.78, 5) is 0. The second-order valence-electron chi connectivity index (χ2n) is 4.18. The maximum Gasteiger partial charge on any atom is 0.123 e. The van der Waals surface area contributed by atoms with Crippen molar-refractivity contribution in [2.24, 2.45) is 0 Å². The van der Waals surface area contributed by atoms with Crippen molar-refractivity contribution < 1.29 is 9.50 Å². The largest absolute Gasteiger partial charge is 0.387 e. The first-order chi connectivity index (χ1) is 8.75. The monoisotopic (exact) mass is 245 g/mol. The van der Waals surface area contributed by atoms with E-state index in [1.807, 2.05) is 30.3 Å². The minimum atomic E-state index is -0.616. The topological polar surface area (TPSA) is 32.3 Å². The lowest BCUT2D eigenvalue weighted by Crippen LogP contribution is -2.21. The minimum Gasteiger partial charge on any atom is -0.387 e. The van der Waals surface area contributed by atoms with Crippen LogP contribution in [0.25, 0.3) is 0 Å². The Morgan fingerprint density at radius 1 is 1.00 bits per heavy atom. The highest BCUT2D eigenvalue weighted by Gasteiger charge is 2.06. The molecule has 0 radical (unpaired) electrons. The first-order valence-electron chi connectivity index (χ1n) is 5.94. The standard InChI is InChI=1S/C15H16FNO/c16-14-8-6-13(7-9-14)15(18)11-17-10-12-4-2-1-3-5-12/h1-9,15,17-18H,10-11H2/t15-/m0/s1. The molecule has 0 unspecified atom stereocenters. The number of aliphatic hydroxyl groups is 1. The fourth-order valence-electron chi connectivity index (χ4n) is 1.75. The summed E-state index contributed by atoms with van der Waals surface area (Å²) in [6, 6.07) is 15.9. The molecule has 3 heteroatoms. The van der Waals surface area contributed by atoms with Gasteiger partial charge in [-0.15, -0.1) is 0 Å². The highest BCUT2D eigenvalue weighted by Crippen LogP contribution is 2.12. The molecule has 2 aromatic rings. The Hall–Kier alpha value is -1.71. The Balaban J connectivity index is 1.81. The van der Waals surface area contributed by atoms with Crippen molar-refractivity contribution in [1.29, 1.82) is 0 Å². The molecule has 0 spiro atoms. The van der Waals surface area contributed by atoms with Gasteiger partial charge in [0.2, 0.25) is 0 Å². The van der Waals surface area contributed by atoms with Gasteiger partial charge in [0.05, 0.1) is 6.10 Å². The van der Waals surface area contributed by atoms with E-state index in [-0.39, 0.29) is 5.82 Å². The third kappa shape index (κ3) is 3.65. The molecule has 1 atom stereocenters. The fourth-order valence-corrected chi connectivity index (χ4v) is 1.75. The van der Waals surface area contributed by atoms with Gasteiger partial charge >= 0.3 is 0 Å². The molecule has 2 nitrogen and oxygen atoms in total. The summed E-state index contributed by atoms with van der Waals surface area (Å²) in [5, 5.41) is 13.1. The maximum absolute atomic E-state index is 12.7. The summed E-state index contributed by atoms with van der Waals surface area (Å²) >= 11 is 0. The van der Waals surface area contributed by atoms with Crippen LogP contribution in [0.3, 0.4) is 0 Å². The van der Waals surface area contributed by atoms with Gasteiger partial charge in [-0.1, -0.05) is 42.5 Å². The molecule has 0 bridgehead atoms. The van der Waals surface area contributed by atoms with Crippen LogP contribution in [-0.2, 0) is 6.54 Å². The first-order valence-corrected chi connectivity index (χ1v) is 5.94. The number of hydrogen-bond acceptors (Lipinski definition) is 2. The van der Waals surface area contributed by atoms with Gasteiger partial charge in [-0.3, -0.25) is 0 Å². The van der Waals surface area contributed by atoms with Crippen molar-refractivity contribution in [2.75, 3.05) is 6.54 Å². The maximum atomic E-state index is 12.7. The zero-order chi connectivity index (χ0) is 12.8. The van der Waals surface area contributed by atoms with E-state index >= 15 is 0 Å². The zero-order valence-electron chi connectivity index (χ0n) is 10.0. The van der Waals surface area contributed by atoms with Gasteiger partial charge in [0.25, 0.3) is 0 Å². The van der Waals surface area contributed by atoms with Crippen LogP contribution < -0.4 is 5.32 Å². The van der Waals surface area contributed by atoms with E-state index in [2.05, 4.69) is 5.32 Å². The molecule has 2 aromatic carbocycles. The Morgan fingerprint density at radius 3 is 2.33 bits per heavy atom. The third-order valence-corrected chi connectivity index (χ3v) is 2.76. The summed E-state index contributed by atoms with van der Waals surface area (Å²) in [7, 11) is 0. The lowest BCUT2D eigenvalue weighted by Gasteiger charge is -2.12. The van der Waals surface area contributed by atoms with Crippen LogP contribution in [0.5, 0.6) is 0 Å². The van der Waals surface area contributed by atoms with Crippen LogP contribution in [0.4, 0.5) is 4.39 Å². The van der Waals surface area contributed by atoms with Crippen LogP contribution in [0.15, 0.2) is 54.6 Å². The highest BCUT2D eigenvalue weighted by molar-refractivity contribution is 5.19. The van der Waals surface area contributed by atoms with Crippen molar-refractivity contribution in [1.82, 2.24) is 5.32 Å². The van der Waals surface area contributed by atoms with Crippen LogP contribution in [-0.4, -0.2) is 11.7 Å². The molecule has 0 heterocycles. The van der Waals surface area contributed by atoms with Gasteiger partial charge in [0, 0.05) is 13.1 Å². The van der Waals surface area contributed by atoms with Gasteiger partial charge in [-0.25, -0.2) is 4.39 Å². The van der Waals surface area contributed by atoms with Crippen molar-refractivity contribution in [3.05, 3.63) is 71.5 Å². The van der Waals surface area contributed by atoms with E-state index in [9.17, 15) is 9.50 Å². The Labute approximate surface area is 106 Å². The Kier molecular flexibility index (Phi) is 4.45. The summed E-state index contributed by atoms with van der Waals surface area (Å²) < 4.78 is 12.7. The predicted octanol–water partition coefficient (Wildman–Crippen LogP) is 2.65. The fraction of sp³-hybridized carbons (Fsp3) is 0.200. The number of aliphatic hydroxyl groups excluding tert-OH is 1. The molecule has 94 valence electrons. The number of benzene rings is 2. The van der Waals surface area contributed by atoms with E-state index in [0.29, 0.717) is 13.1 Å². The minimum absolute atomic E-state index is 0.289. The van der Waals surface area contributed by atoms with Gasteiger partial charge in [-0.2, -0.15) is 0 Å². The predicted molar refractivity (Wildman–Crippen MR) is 69.5 cm³/mol. The van der Waals surface area contributed by atoms with E-state index in [1.54, 1.807) is 12.1 Å². The smallest absolute Gasteiger partial charge is 0.123 e. The quantitative estimate of drug-likeness (QED) is 0.848. The van der Waals surface area contributed by atoms with E-state index in [1.165, 1.54) is 17.7 Å². The van der Waals surface area contributed by atoms with Gasteiger partial charge in [-0.05, 0) is 23.3 Å². The Bertz CT molecular complexity index is 470. The first kappa shape index (κ1) is 12.7. The molecule has 0 fully saturated rings. The second kappa shape index (κ2) is 6.28. The van der Waals surface area contributed by atoms with Gasteiger partial charge in [0.15, 0.2) is 0 Å². The third-order valence-electron chi connectivity index (χ3n) is 2.76. The van der Waals surface area contributed by atoms with Crippen LogP contribution in [0.2, 0.25) is 0 Å². The number of halogens is 1. The lowest BCUT2D eigenvalue weighted by atomic mass is 10.1. The average molecular weight is 245 g/mol. The molecule has 18 heavy (non-hydrogen) atoms. The summed E-state index contributed by atoms with van der Waals surface area (Å²) in [6.07, 6.45) is -0.616. The Morgan fingerprint density at radius 2 is 1.67 bits per heavy atom. The molecule has 0 saturated carbocycles. The summed E-state index contributed by atoms with van der Waals surface area (Å²) in [6.45, 7) is 1.15. The van der Waals surface area contributed by atoms with E-state index in [4.69, 9.17) is 0 Å². The molecular formula is C15H16FNO. The van der Waals surface area contributed by atoms with Crippen molar-refractivity contribution in [3.8, 4) is 0 Å². The van der Waals surface area contributed by atoms with E-state index in [0.717, 1.165) is 5.56 Å². The van der Waals surface area contributed by atoms with Gasteiger partial charge < -0.3 is 10.4 Å². The lowest BCUT2D eigenvalue weighted by molar-refractivity contribution is 0.174. The van der Waals surface area contributed by atoms with Crippen molar-refractivity contribution in [3.63, 3.8) is 0 Å². The molecule has 0 aliphatic carbocycles. The molecule has 0 aliphatic rings. The summed E-state index contributed by atoms with van der Waals surface area (Å²) in [5.74, 6) is -0.289. The van der Waals surface area contributed by atoms with Crippen LogP contribution in [0.1, 0.15) is 17.2 Å². The van der Waals surface area contributed by atoms with Crippen LogP contribution >= 0.6 is 0 Å². The highest BCUT2D eigenvalue weighted by atomic mass is 19.1. The number of nitrogens with one attached hydrogen (secondary N) is 1. The molecular weight excluding hydrogens is 229 g/mol.